The lowest BCUT2D eigenvalue weighted by atomic mass is 10.0. The molecule has 3 aromatic rings. The fraction of sp³-hybridized carbons (Fsp3) is 0.300. The molecule has 5 nitrogen and oxygen atoms in total. The first-order chi connectivity index (χ1) is 12.6. The van der Waals surface area contributed by atoms with Gasteiger partial charge in [0.15, 0.2) is 5.78 Å². The molecule has 1 aliphatic heterocycles. The number of ketones is 1. The van der Waals surface area contributed by atoms with E-state index in [1.807, 2.05) is 22.7 Å². The van der Waals surface area contributed by atoms with Gasteiger partial charge in [-0.05, 0) is 43.2 Å². The van der Waals surface area contributed by atoms with Crippen molar-refractivity contribution in [3.8, 4) is 5.75 Å². The van der Waals surface area contributed by atoms with Crippen molar-refractivity contribution in [1.82, 2.24) is 9.38 Å². The lowest BCUT2D eigenvalue weighted by molar-refractivity contribution is 0.101. The topological polar surface area (TPSA) is 46.8 Å². The molecule has 1 atom stereocenters. The van der Waals surface area contributed by atoms with Crippen LogP contribution in [0.3, 0.4) is 0 Å². The summed E-state index contributed by atoms with van der Waals surface area (Å²) in [5, 5.41) is 0. The molecule has 0 bridgehead atoms. The molecule has 1 aromatic carbocycles. The second-order valence-electron chi connectivity index (χ2n) is 6.55. The molecular formula is C20H20FN3O2. The number of carbonyl (C=O) groups excluding carboxylic acids is 1. The SMILES string of the molecule is COc1ccc(F)cc1[C@H]1CCCN1c1ccc2ncc(C(C)=O)n2c1. The normalized spacial score (nSPS) is 17.0. The highest BCUT2D eigenvalue weighted by Gasteiger charge is 2.29. The van der Waals surface area contributed by atoms with Gasteiger partial charge in [-0.3, -0.25) is 9.20 Å². The Morgan fingerprint density at radius 3 is 2.92 bits per heavy atom. The van der Waals surface area contributed by atoms with Crippen LogP contribution >= 0.6 is 0 Å². The summed E-state index contributed by atoms with van der Waals surface area (Å²) in [5.74, 6) is 0.396. The molecular weight excluding hydrogens is 333 g/mol. The number of rotatable bonds is 4. The van der Waals surface area contributed by atoms with E-state index in [-0.39, 0.29) is 17.6 Å². The maximum absolute atomic E-state index is 13.9. The van der Waals surface area contributed by atoms with Crippen LogP contribution < -0.4 is 9.64 Å². The van der Waals surface area contributed by atoms with Gasteiger partial charge in [0, 0.05) is 25.2 Å². The van der Waals surface area contributed by atoms with Crippen LogP contribution in [0.15, 0.2) is 42.7 Å². The number of carbonyl (C=O) groups is 1. The number of aromatic nitrogens is 2. The molecule has 134 valence electrons. The minimum atomic E-state index is -0.267. The van der Waals surface area contributed by atoms with Crippen LogP contribution in [-0.4, -0.2) is 28.8 Å². The molecule has 26 heavy (non-hydrogen) atoms. The minimum Gasteiger partial charge on any atom is -0.496 e. The van der Waals surface area contributed by atoms with Gasteiger partial charge in [-0.25, -0.2) is 9.37 Å². The van der Waals surface area contributed by atoms with Crippen LogP contribution in [0.2, 0.25) is 0 Å². The predicted octanol–water partition coefficient (Wildman–Crippen LogP) is 4.03. The van der Waals surface area contributed by atoms with Crippen molar-refractivity contribution in [3.05, 3.63) is 59.8 Å². The van der Waals surface area contributed by atoms with Crippen molar-refractivity contribution in [2.45, 2.75) is 25.8 Å². The maximum Gasteiger partial charge on any atom is 0.178 e. The van der Waals surface area contributed by atoms with E-state index in [2.05, 4.69) is 9.88 Å². The fourth-order valence-electron chi connectivity index (χ4n) is 3.76. The molecule has 0 amide bonds. The number of hydrogen-bond donors (Lipinski definition) is 0. The fourth-order valence-corrected chi connectivity index (χ4v) is 3.76. The second kappa shape index (κ2) is 6.44. The third-order valence-electron chi connectivity index (χ3n) is 4.99. The first kappa shape index (κ1) is 16.6. The quantitative estimate of drug-likeness (QED) is 0.665. The van der Waals surface area contributed by atoms with Gasteiger partial charge in [0.2, 0.25) is 0 Å². The Balaban J connectivity index is 1.77. The zero-order valence-electron chi connectivity index (χ0n) is 14.8. The third-order valence-corrected chi connectivity index (χ3v) is 4.99. The van der Waals surface area contributed by atoms with Crippen LogP contribution in [0, 0.1) is 5.82 Å². The van der Waals surface area contributed by atoms with Gasteiger partial charge < -0.3 is 9.64 Å². The van der Waals surface area contributed by atoms with Crippen molar-refractivity contribution in [3.63, 3.8) is 0 Å². The van der Waals surface area contributed by atoms with Crippen LogP contribution in [0.4, 0.5) is 10.1 Å². The number of imidazole rings is 1. The number of benzene rings is 1. The van der Waals surface area contributed by atoms with E-state index in [0.717, 1.165) is 36.3 Å². The van der Waals surface area contributed by atoms with E-state index in [1.165, 1.54) is 13.0 Å². The number of nitrogens with zero attached hydrogens (tertiary/aromatic N) is 3. The Morgan fingerprint density at radius 1 is 1.31 bits per heavy atom. The average Bonchev–Trinajstić information content (AvgIpc) is 3.28. The van der Waals surface area contributed by atoms with E-state index in [9.17, 15) is 9.18 Å². The number of hydrogen-bond acceptors (Lipinski definition) is 4. The van der Waals surface area contributed by atoms with Gasteiger partial charge in [-0.1, -0.05) is 0 Å². The number of methoxy groups -OCH3 is 1. The maximum atomic E-state index is 13.9. The summed E-state index contributed by atoms with van der Waals surface area (Å²) in [6, 6.07) is 8.57. The molecule has 1 fully saturated rings. The van der Waals surface area contributed by atoms with Gasteiger partial charge in [-0.15, -0.1) is 0 Å². The largest absolute Gasteiger partial charge is 0.496 e. The summed E-state index contributed by atoms with van der Waals surface area (Å²) in [6.07, 6.45) is 5.45. The Morgan fingerprint density at radius 2 is 2.15 bits per heavy atom. The van der Waals surface area contributed by atoms with Gasteiger partial charge >= 0.3 is 0 Å². The summed E-state index contributed by atoms with van der Waals surface area (Å²) in [6.45, 7) is 2.40. The van der Waals surface area contributed by atoms with Gasteiger partial charge in [0.05, 0.1) is 25.0 Å². The number of pyridine rings is 1. The van der Waals surface area contributed by atoms with Crippen LogP contribution in [-0.2, 0) is 0 Å². The Kier molecular flexibility index (Phi) is 4.11. The highest BCUT2D eigenvalue weighted by molar-refractivity contribution is 5.93. The predicted molar refractivity (Wildman–Crippen MR) is 97.5 cm³/mol. The Bertz CT molecular complexity index is 982. The molecule has 2 aromatic heterocycles. The molecule has 0 aliphatic carbocycles. The molecule has 0 N–H and O–H groups in total. The van der Waals surface area contributed by atoms with Gasteiger partial charge in [-0.2, -0.15) is 0 Å². The first-order valence-corrected chi connectivity index (χ1v) is 8.66. The van der Waals surface area contributed by atoms with Crippen LogP contribution in [0.25, 0.3) is 5.65 Å². The zero-order valence-corrected chi connectivity index (χ0v) is 14.8. The van der Waals surface area contributed by atoms with Crippen molar-refractivity contribution in [2.24, 2.45) is 0 Å². The number of anilines is 1. The highest BCUT2D eigenvalue weighted by Crippen LogP contribution is 2.40. The summed E-state index contributed by atoms with van der Waals surface area (Å²) >= 11 is 0. The lowest BCUT2D eigenvalue weighted by Gasteiger charge is -2.28. The molecule has 1 aliphatic rings. The second-order valence-corrected chi connectivity index (χ2v) is 6.55. The summed E-state index contributed by atoms with van der Waals surface area (Å²) in [4.78, 5) is 18.3. The highest BCUT2D eigenvalue weighted by atomic mass is 19.1. The van der Waals surface area contributed by atoms with Crippen molar-refractivity contribution in [1.29, 1.82) is 0 Å². The number of fused-ring (bicyclic) bond motifs is 1. The molecule has 0 saturated carbocycles. The van der Waals surface area contributed by atoms with Crippen LogP contribution in [0.1, 0.15) is 41.9 Å². The monoisotopic (exact) mass is 353 g/mol. The van der Waals surface area contributed by atoms with Crippen LogP contribution in [0.5, 0.6) is 5.75 Å². The molecule has 6 heteroatoms. The molecule has 3 heterocycles. The third kappa shape index (κ3) is 2.71. The van der Waals surface area contributed by atoms with Crippen molar-refractivity contribution in [2.75, 3.05) is 18.6 Å². The molecule has 0 spiro atoms. The van der Waals surface area contributed by atoms with E-state index in [4.69, 9.17) is 4.74 Å². The molecule has 0 radical (unpaired) electrons. The number of ether oxygens (including phenoxy) is 1. The van der Waals surface area contributed by atoms with Gasteiger partial charge in [0.1, 0.15) is 22.9 Å². The van der Waals surface area contributed by atoms with E-state index in [1.54, 1.807) is 25.4 Å². The molecule has 1 saturated heterocycles. The van der Waals surface area contributed by atoms with E-state index >= 15 is 0 Å². The van der Waals surface area contributed by atoms with Crippen molar-refractivity contribution < 1.29 is 13.9 Å². The summed E-state index contributed by atoms with van der Waals surface area (Å²) in [7, 11) is 1.60. The zero-order chi connectivity index (χ0) is 18.3. The molecule has 0 unspecified atom stereocenters. The van der Waals surface area contributed by atoms with E-state index < -0.39 is 0 Å². The minimum absolute atomic E-state index is 0.0283. The Hall–Kier alpha value is -2.89. The first-order valence-electron chi connectivity index (χ1n) is 8.66. The smallest absolute Gasteiger partial charge is 0.178 e. The van der Waals surface area contributed by atoms with E-state index in [0.29, 0.717) is 11.4 Å². The lowest BCUT2D eigenvalue weighted by Crippen LogP contribution is -2.23. The summed E-state index contributed by atoms with van der Waals surface area (Å²) < 4.78 is 21.1. The van der Waals surface area contributed by atoms with Crippen molar-refractivity contribution >= 4 is 17.1 Å². The Labute approximate surface area is 151 Å². The standard InChI is InChI=1S/C20H20FN3O2/c1-13(25)18-11-22-20-8-6-15(12-24(18)20)23-9-3-4-17(23)16-10-14(21)5-7-19(16)26-2/h5-8,10-12,17H,3-4,9H2,1-2H3/t17-/m1/s1. The number of Topliss-reactive ketones (excluding diaryl/α,β-unsaturated/α-hetero) is 1. The van der Waals surface area contributed by atoms with Gasteiger partial charge in [0.25, 0.3) is 0 Å². The summed E-state index contributed by atoms with van der Waals surface area (Å²) in [5.41, 5.74) is 3.12. The average molecular weight is 353 g/mol. The molecule has 4 rings (SSSR count). The number of halogens is 1.